The van der Waals surface area contributed by atoms with Gasteiger partial charge in [-0.1, -0.05) is 11.6 Å². The Morgan fingerprint density at radius 3 is 2.90 bits per heavy atom. The molecule has 6 heteroatoms. The maximum absolute atomic E-state index is 11.7. The van der Waals surface area contributed by atoms with E-state index in [-0.39, 0.29) is 0 Å². The molecule has 0 saturated carbocycles. The number of anilines is 2. The zero-order chi connectivity index (χ0) is 14.6. The average Bonchev–Trinajstić information content (AvgIpc) is 3.04. The second kappa shape index (κ2) is 4.71. The lowest BCUT2D eigenvalue weighted by atomic mass is 10.1. The summed E-state index contributed by atoms with van der Waals surface area (Å²) in [5.41, 5.74) is 1.88. The molecule has 3 heterocycles. The maximum Gasteiger partial charge on any atom is 0.296 e. The van der Waals surface area contributed by atoms with E-state index in [9.17, 15) is 9.59 Å². The monoisotopic (exact) mass is 305 g/mol. The molecule has 0 radical (unpaired) electrons. The summed E-state index contributed by atoms with van der Waals surface area (Å²) in [5, 5.41) is 3.16. The molecule has 1 unspecified atom stereocenters. The number of nitrogens with zero attached hydrogens (tertiary/aromatic N) is 2. The molecule has 5 nitrogen and oxygen atoms in total. The van der Waals surface area contributed by atoms with Gasteiger partial charge in [-0.3, -0.25) is 14.5 Å². The minimum atomic E-state index is -0.571. The molecule has 4 rings (SSSR count). The highest BCUT2D eigenvalue weighted by molar-refractivity contribution is 6.52. The van der Waals surface area contributed by atoms with E-state index in [0.29, 0.717) is 22.3 Å². The van der Waals surface area contributed by atoms with E-state index in [0.717, 1.165) is 25.3 Å². The fraction of sp³-hybridized carbons (Fsp3) is 0.467. The minimum Gasteiger partial charge on any atom is -0.367 e. The largest absolute Gasteiger partial charge is 0.367 e. The van der Waals surface area contributed by atoms with Crippen LogP contribution in [0.1, 0.15) is 23.2 Å². The topological polar surface area (TPSA) is 52.7 Å². The highest BCUT2D eigenvalue weighted by Crippen LogP contribution is 2.36. The summed E-state index contributed by atoms with van der Waals surface area (Å²) in [5.74, 6) is -1.07. The standard InChI is InChI=1S/C15H16ClN3O2/c16-11-6-10-12(17-15(21)14(10)20)7-13(11)19-5-4-18-3-1-2-9(18)8-19/h6-7,9H,1-5,8H2,(H,17,20,21). The van der Waals surface area contributed by atoms with Crippen molar-refractivity contribution in [3.05, 3.63) is 22.7 Å². The van der Waals surface area contributed by atoms with Crippen LogP contribution in [0.25, 0.3) is 0 Å². The number of hydrogen-bond acceptors (Lipinski definition) is 4. The zero-order valence-electron chi connectivity index (χ0n) is 11.6. The summed E-state index contributed by atoms with van der Waals surface area (Å²) in [7, 11) is 0. The Balaban J connectivity index is 1.65. The number of hydrogen-bond donors (Lipinski definition) is 1. The van der Waals surface area contributed by atoms with Gasteiger partial charge >= 0.3 is 0 Å². The zero-order valence-corrected chi connectivity index (χ0v) is 12.3. The molecule has 2 fully saturated rings. The van der Waals surface area contributed by atoms with Gasteiger partial charge in [-0.15, -0.1) is 0 Å². The van der Waals surface area contributed by atoms with Gasteiger partial charge < -0.3 is 10.2 Å². The van der Waals surface area contributed by atoms with Gasteiger partial charge in [0.25, 0.3) is 11.7 Å². The number of carbonyl (C=O) groups is 2. The number of amides is 1. The van der Waals surface area contributed by atoms with Crippen molar-refractivity contribution in [2.24, 2.45) is 0 Å². The lowest BCUT2D eigenvalue weighted by molar-refractivity contribution is -0.112. The van der Waals surface area contributed by atoms with Gasteiger partial charge in [-0.2, -0.15) is 0 Å². The van der Waals surface area contributed by atoms with Gasteiger partial charge in [-0.25, -0.2) is 0 Å². The van der Waals surface area contributed by atoms with E-state index in [2.05, 4.69) is 15.1 Å². The van der Waals surface area contributed by atoms with Gasteiger partial charge in [-0.05, 0) is 31.5 Å². The number of rotatable bonds is 1. The first-order valence-corrected chi connectivity index (χ1v) is 7.69. The Kier molecular flexibility index (Phi) is 2.94. The van der Waals surface area contributed by atoms with Gasteiger partial charge in [0.15, 0.2) is 0 Å². The summed E-state index contributed by atoms with van der Waals surface area (Å²) in [6.45, 7) is 4.13. The van der Waals surface area contributed by atoms with Crippen molar-refractivity contribution in [3.8, 4) is 0 Å². The van der Waals surface area contributed by atoms with Crippen LogP contribution < -0.4 is 10.2 Å². The van der Waals surface area contributed by atoms with Crippen molar-refractivity contribution in [2.45, 2.75) is 18.9 Å². The SMILES string of the molecule is O=C1Nc2cc(N3CCN4CCCC4C3)c(Cl)cc2C1=O. The molecule has 0 aliphatic carbocycles. The maximum atomic E-state index is 11.7. The Labute approximate surface area is 127 Å². The molecule has 2 saturated heterocycles. The summed E-state index contributed by atoms with van der Waals surface area (Å²) >= 11 is 6.35. The summed E-state index contributed by atoms with van der Waals surface area (Å²) in [6.07, 6.45) is 2.50. The molecule has 1 aromatic carbocycles. The molecule has 1 atom stereocenters. The van der Waals surface area contributed by atoms with E-state index >= 15 is 0 Å². The lowest BCUT2D eigenvalue weighted by Gasteiger charge is -2.39. The number of carbonyl (C=O) groups excluding carboxylic acids is 2. The highest BCUT2D eigenvalue weighted by Gasteiger charge is 2.33. The number of Topliss-reactive ketones (excluding diaryl/α,β-unsaturated/α-hetero) is 1. The molecule has 3 aliphatic rings. The highest BCUT2D eigenvalue weighted by atomic mass is 35.5. The van der Waals surface area contributed by atoms with Crippen LogP contribution in [0.4, 0.5) is 11.4 Å². The Morgan fingerprint density at radius 2 is 2.05 bits per heavy atom. The first kappa shape index (κ1) is 13.1. The van der Waals surface area contributed by atoms with Crippen LogP contribution in [-0.4, -0.2) is 48.8 Å². The first-order valence-electron chi connectivity index (χ1n) is 7.32. The van der Waals surface area contributed by atoms with E-state index in [1.165, 1.54) is 19.4 Å². The van der Waals surface area contributed by atoms with Crippen LogP contribution >= 0.6 is 11.6 Å². The number of nitrogens with one attached hydrogen (secondary N) is 1. The summed E-state index contributed by atoms with van der Waals surface area (Å²) in [6, 6.07) is 4.05. The molecule has 110 valence electrons. The van der Waals surface area contributed by atoms with E-state index in [4.69, 9.17) is 11.6 Å². The number of piperazine rings is 1. The summed E-state index contributed by atoms with van der Waals surface area (Å²) < 4.78 is 0. The lowest BCUT2D eigenvalue weighted by Crippen LogP contribution is -2.50. The molecule has 3 aliphatic heterocycles. The van der Waals surface area contributed by atoms with E-state index in [1.807, 2.05) is 6.07 Å². The van der Waals surface area contributed by atoms with Crippen LogP contribution in [0.3, 0.4) is 0 Å². The van der Waals surface area contributed by atoms with Gasteiger partial charge in [0.05, 0.1) is 22.0 Å². The van der Waals surface area contributed by atoms with Crippen LogP contribution in [0.5, 0.6) is 0 Å². The first-order chi connectivity index (χ1) is 10.1. The fourth-order valence-corrected chi connectivity index (χ4v) is 3.89. The third-order valence-electron chi connectivity index (χ3n) is 4.71. The molecule has 1 N–H and O–H groups in total. The van der Waals surface area contributed by atoms with Gasteiger partial charge in [0, 0.05) is 25.7 Å². The van der Waals surface area contributed by atoms with E-state index in [1.54, 1.807) is 6.07 Å². The number of fused-ring (bicyclic) bond motifs is 2. The molecule has 1 amide bonds. The third kappa shape index (κ3) is 2.03. The Hall–Kier alpha value is -1.59. The van der Waals surface area contributed by atoms with Crippen molar-refractivity contribution in [1.29, 1.82) is 0 Å². The molecule has 1 aromatic rings. The second-order valence-electron chi connectivity index (χ2n) is 5.91. The molecule has 0 spiro atoms. The predicted octanol–water partition coefficient (Wildman–Crippen LogP) is 1.76. The second-order valence-corrected chi connectivity index (χ2v) is 6.32. The van der Waals surface area contributed by atoms with Crippen LogP contribution in [-0.2, 0) is 4.79 Å². The molecule has 0 bridgehead atoms. The normalized spacial score (nSPS) is 25.0. The smallest absolute Gasteiger partial charge is 0.296 e. The van der Waals surface area contributed by atoms with Crippen molar-refractivity contribution in [1.82, 2.24) is 4.90 Å². The summed E-state index contributed by atoms with van der Waals surface area (Å²) in [4.78, 5) is 27.9. The molecule has 21 heavy (non-hydrogen) atoms. The number of benzene rings is 1. The Morgan fingerprint density at radius 1 is 1.19 bits per heavy atom. The predicted molar refractivity (Wildman–Crippen MR) is 81.2 cm³/mol. The van der Waals surface area contributed by atoms with Crippen molar-refractivity contribution >= 4 is 34.7 Å². The van der Waals surface area contributed by atoms with Crippen molar-refractivity contribution in [2.75, 3.05) is 36.4 Å². The van der Waals surface area contributed by atoms with Gasteiger partial charge in [0.1, 0.15) is 0 Å². The van der Waals surface area contributed by atoms with Crippen LogP contribution in [0.15, 0.2) is 12.1 Å². The molecular weight excluding hydrogens is 290 g/mol. The molecular formula is C15H16ClN3O2. The van der Waals surface area contributed by atoms with Crippen LogP contribution in [0.2, 0.25) is 5.02 Å². The number of ketones is 1. The van der Waals surface area contributed by atoms with E-state index < -0.39 is 11.7 Å². The van der Waals surface area contributed by atoms with Crippen molar-refractivity contribution < 1.29 is 9.59 Å². The quantitative estimate of drug-likeness (QED) is 0.803. The van der Waals surface area contributed by atoms with Gasteiger partial charge in [0.2, 0.25) is 0 Å². The Bertz CT molecular complexity index is 646. The molecule has 0 aromatic heterocycles. The fourth-order valence-electron chi connectivity index (χ4n) is 3.61. The average molecular weight is 306 g/mol. The van der Waals surface area contributed by atoms with Crippen molar-refractivity contribution in [3.63, 3.8) is 0 Å². The van der Waals surface area contributed by atoms with Crippen LogP contribution in [0, 0.1) is 0 Å². The minimum absolute atomic E-state index is 0.383. The third-order valence-corrected chi connectivity index (χ3v) is 5.02. The number of halogens is 1.